The summed E-state index contributed by atoms with van der Waals surface area (Å²) < 4.78 is 26.2. The molecule has 3 heterocycles. The van der Waals surface area contributed by atoms with Gasteiger partial charge < -0.3 is 29.9 Å². The lowest BCUT2D eigenvalue weighted by molar-refractivity contribution is -0.141. The molecule has 0 bridgehead atoms. The zero-order valence-corrected chi connectivity index (χ0v) is 17.4. The molecule has 0 aromatic heterocycles. The van der Waals surface area contributed by atoms with Gasteiger partial charge in [-0.15, -0.1) is 0 Å². The van der Waals surface area contributed by atoms with Crippen molar-refractivity contribution in [3.05, 3.63) is 29.6 Å². The largest absolute Gasteiger partial charge is 0.489 e. The van der Waals surface area contributed by atoms with Gasteiger partial charge in [0.15, 0.2) is 6.10 Å². The molecular formula is C21H24FN3O7. The maximum absolute atomic E-state index is 15.1. The molecule has 3 aliphatic rings. The van der Waals surface area contributed by atoms with Crippen LogP contribution in [-0.2, 0) is 14.3 Å². The van der Waals surface area contributed by atoms with Crippen LogP contribution in [0.5, 0.6) is 5.75 Å². The predicted octanol–water partition coefficient (Wildman–Crippen LogP) is 0.0169. The van der Waals surface area contributed by atoms with E-state index in [-0.39, 0.29) is 37.8 Å². The molecule has 0 saturated carbocycles. The van der Waals surface area contributed by atoms with Crippen LogP contribution in [0.15, 0.2) is 18.2 Å². The van der Waals surface area contributed by atoms with Crippen molar-refractivity contribution in [2.75, 3.05) is 37.7 Å². The molecule has 4 rings (SSSR count). The summed E-state index contributed by atoms with van der Waals surface area (Å²) in [5.41, 5.74) is 1.24. The fourth-order valence-electron chi connectivity index (χ4n) is 4.12. The molecule has 1 fully saturated rings. The Morgan fingerprint density at radius 1 is 1.38 bits per heavy atom. The Hall–Kier alpha value is -3.18. The number of nitrogens with zero attached hydrogens (tertiary/aromatic N) is 2. The van der Waals surface area contributed by atoms with Gasteiger partial charge >= 0.3 is 6.09 Å². The molecule has 0 spiro atoms. The molecule has 1 aromatic rings. The zero-order chi connectivity index (χ0) is 23.0. The molecule has 10 nitrogen and oxygen atoms in total. The second kappa shape index (κ2) is 8.75. The van der Waals surface area contributed by atoms with Crippen LogP contribution in [0.4, 0.5) is 14.9 Å². The number of hydrogen-bond donors (Lipinski definition) is 3. The smallest absolute Gasteiger partial charge is 0.415 e. The van der Waals surface area contributed by atoms with Gasteiger partial charge in [0.1, 0.15) is 30.3 Å². The summed E-state index contributed by atoms with van der Waals surface area (Å²) in [6, 6.07) is 2.27. The second-order valence-corrected chi connectivity index (χ2v) is 7.87. The number of aliphatic hydroxyl groups is 2. The number of ether oxygens (including phenoxy) is 2. The van der Waals surface area contributed by atoms with Crippen molar-refractivity contribution in [3.8, 4) is 5.75 Å². The average Bonchev–Trinajstić information content (AvgIpc) is 3.12. The number of fused-ring (bicyclic) bond motifs is 3. The highest BCUT2D eigenvalue weighted by atomic mass is 19.1. The first-order valence-corrected chi connectivity index (χ1v) is 10.3. The summed E-state index contributed by atoms with van der Waals surface area (Å²) in [7, 11) is 0. The summed E-state index contributed by atoms with van der Waals surface area (Å²) in [6.07, 6.45) is -0.666. The van der Waals surface area contributed by atoms with Gasteiger partial charge in [-0.25, -0.2) is 9.18 Å². The van der Waals surface area contributed by atoms with Gasteiger partial charge in [0.25, 0.3) is 5.91 Å². The van der Waals surface area contributed by atoms with E-state index < -0.39 is 42.7 Å². The zero-order valence-electron chi connectivity index (χ0n) is 17.4. The second-order valence-electron chi connectivity index (χ2n) is 7.87. The standard InChI is InChI=1S/C21H24FN3O7/c1-11(27)23-8-19-16-10-31-18-6-13(14(22)7-15(18)25(16)21(30)32-19)12-2-4-24(5-3-12)20(29)17(28)9-26/h2,6-7,16-17,19,26,28H,3-5,8-10H2,1H3,(H,23,27)/t16-,17-,19-/m0/s1. The van der Waals surface area contributed by atoms with Crippen LogP contribution in [0.1, 0.15) is 18.9 Å². The van der Waals surface area contributed by atoms with Crippen LogP contribution in [0.25, 0.3) is 5.57 Å². The van der Waals surface area contributed by atoms with Crippen molar-refractivity contribution in [2.24, 2.45) is 0 Å². The molecule has 172 valence electrons. The van der Waals surface area contributed by atoms with Crippen LogP contribution in [-0.4, -0.2) is 84.1 Å². The Bertz CT molecular complexity index is 982. The van der Waals surface area contributed by atoms with E-state index in [2.05, 4.69) is 5.32 Å². The summed E-state index contributed by atoms with van der Waals surface area (Å²) in [6.45, 7) is 1.41. The number of nitrogens with one attached hydrogen (secondary N) is 1. The summed E-state index contributed by atoms with van der Waals surface area (Å²) >= 11 is 0. The van der Waals surface area contributed by atoms with Gasteiger partial charge in [-0.3, -0.25) is 14.5 Å². The molecule has 0 radical (unpaired) electrons. The van der Waals surface area contributed by atoms with E-state index in [1.807, 2.05) is 0 Å². The first-order valence-electron chi connectivity index (χ1n) is 10.3. The number of rotatable bonds is 5. The number of benzene rings is 1. The Labute approximate surface area is 183 Å². The van der Waals surface area contributed by atoms with Crippen LogP contribution in [0.3, 0.4) is 0 Å². The maximum Gasteiger partial charge on any atom is 0.415 e. The molecule has 0 unspecified atom stereocenters. The van der Waals surface area contributed by atoms with Crippen LogP contribution in [0, 0.1) is 5.82 Å². The molecule has 3 N–H and O–H groups in total. The Kier molecular flexibility index (Phi) is 6.02. The third-order valence-electron chi connectivity index (χ3n) is 5.80. The highest BCUT2D eigenvalue weighted by Gasteiger charge is 2.47. The highest BCUT2D eigenvalue weighted by molar-refractivity contribution is 5.94. The number of anilines is 1. The van der Waals surface area contributed by atoms with E-state index >= 15 is 4.39 Å². The Balaban J connectivity index is 1.54. The van der Waals surface area contributed by atoms with Crippen molar-refractivity contribution in [1.29, 1.82) is 0 Å². The van der Waals surface area contributed by atoms with Gasteiger partial charge in [0.2, 0.25) is 5.91 Å². The van der Waals surface area contributed by atoms with E-state index in [1.54, 1.807) is 6.08 Å². The predicted molar refractivity (Wildman–Crippen MR) is 109 cm³/mol. The average molecular weight is 449 g/mol. The number of halogens is 1. The molecule has 32 heavy (non-hydrogen) atoms. The summed E-state index contributed by atoms with van der Waals surface area (Å²) in [5.74, 6) is -1.04. The first kappa shape index (κ1) is 22.0. The molecule has 11 heteroatoms. The van der Waals surface area contributed by atoms with E-state index in [9.17, 15) is 19.5 Å². The lowest BCUT2D eigenvalue weighted by Gasteiger charge is -2.32. The van der Waals surface area contributed by atoms with Crippen molar-refractivity contribution >= 4 is 29.2 Å². The first-order chi connectivity index (χ1) is 15.3. The van der Waals surface area contributed by atoms with E-state index in [0.717, 1.165) is 0 Å². The Morgan fingerprint density at radius 2 is 2.16 bits per heavy atom. The molecule has 3 aliphatic heterocycles. The minimum atomic E-state index is -1.47. The molecule has 1 saturated heterocycles. The molecule has 1 aromatic carbocycles. The lowest BCUT2D eigenvalue weighted by atomic mass is 9.97. The third kappa shape index (κ3) is 4.00. The number of aliphatic hydroxyl groups excluding tert-OH is 2. The van der Waals surface area contributed by atoms with Crippen LogP contribution >= 0.6 is 0 Å². The maximum atomic E-state index is 15.1. The van der Waals surface area contributed by atoms with Gasteiger partial charge in [0.05, 0.1) is 18.8 Å². The highest BCUT2D eigenvalue weighted by Crippen LogP contribution is 2.42. The van der Waals surface area contributed by atoms with Gasteiger partial charge in [-0.05, 0) is 18.1 Å². The van der Waals surface area contributed by atoms with Crippen molar-refractivity contribution in [3.63, 3.8) is 0 Å². The van der Waals surface area contributed by atoms with Gasteiger partial charge in [-0.1, -0.05) is 6.08 Å². The van der Waals surface area contributed by atoms with Crippen molar-refractivity contribution in [2.45, 2.75) is 31.6 Å². The SMILES string of the molecule is CC(=O)NC[C@@H]1OC(=O)N2c3cc(F)c(C4=CCN(C(=O)[C@@H](O)CO)CC4)cc3OC[C@@H]12. The number of cyclic esters (lactones) is 1. The van der Waals surface area contributed by atoms with Crippen LogP contribution in [0.2, 0.25) is 0 Å². The summed E-state index contributed by atoms with van der Waals surface area (Å²) in [4.78, 5) is 38.3. The van der Waals surface area contributed by atoms with Crippen molar-refractivity contribution in [1.82, 2.24) is 10.2 Å². The fraction of sp³-hybridized carbons (Fsp3) is 0.476. The number of carbonyl (C=O) groups is 3. The third-order valence-corrected chi connectivity index (χ3v) is 5.80. The number of amides is 3. The molecule has 0 aliphatic carbocycles. The quantitative estimate of drug-likeness (QED) is 0.578. The summed E-state index contributed by atoms with van der Waals surface area (Å²) in [5, 5.41) is 21.1. The number of carbonyl (C=O) groups excluding carboxylic acids is 3. The normalized spacial score (nSPS) is 22.9. The van der Waals surface area contributed by atoms with Gasteiger partial charge in [-0.2, -0.15) is 0 Å². The van der Waals surface area contributed by atoms with E-state index in [0.29, 0.717) is 23.3 Å². The monoisotopic (exact) mass is 449 g/mol. The fourth-order valence-corrected chi connectivity index (χ4v) is 4.12. The lowest BCUT2D eigenvalue weighted by Crippen LogP contribution is -2.47. The minimum absolute atomic E-state index is 0.133. The van der Waals surface area contributed by atoms with Gasteiger partial charge in [0, 0.05) is 31.6 Å². The van der Waals surface area contributed by atoms with Crippen molar-refractivity contribution < 1.29 is 38.5 Å². The molecule has 3 atom stereocenters. The minimum Gasteiger partial charge on any atom is -0.489 e. The molecular weight excluding hydrogens is 425 g/mol. The topological polar surface area (TPSA) is 129 Å². The number of hydrogen-bond acceptors (Lipinski definition) is 7. The van der Waals surface area contributed by atoms with E-state index in [1.165, 1.54) is 28.9 Å². The van der Waals surface area contributed by atoms with E-state index in [4.69, 9.17) is 14.6 Å². The Morgan fingerprint density at radius 3 is 2.81 bits per heavy atom. The van der Waals surface area contributed by atoms with Crippen LogP contribution < -0.4 is 15.0 Å². The molecule has 3 amide bonds.